The Morgan fingerprint density at radius 1 is 1.39 bits per heavy atom. The minimum absolute atomic E-state index is 0.0165. The Labute approximate surface area is 234 Å². The van der Waals surface area contributed by atoms with E-state index in [1.165, 1.54) is 13.8 Å². The smallest absolute Gasteiger partial charge is 0.191 e. The summed E-state index contributed by atoms with van der Waals surface area (Å²) >= 11 is 0.367. The Morgan fingerprint density at radius 3 is 3.00 bits per heavy atom. The molecule has 0 amide bonds. The molecule has 2 heterocycles. The average Bonchev–Trinajstić information content (AvgIpc) is 3.43. The number of ether oxygens (including phenoxy) is 1. The maximum Gasteiger partial charge on any atom is 0.191 e. The Hall–Kier alpha value is -2.38. The van der Waals surface area contributed by atoms with Gasteiger partial charge in [-0.1, -0.05) is 36.0 Å². The van der Waals surface area contributed by atoms with Gasteiger partial charge in [0.25, 0.3) is 0 Å². The van der Waals surface area contributed by atoms with Gasteiger partial charge in [0, 0.05) is 29.5 Å². The third-order valence-corrected chi connectivity index (χ3v) is 5.96. The molecular weight excluding hydrogens is 487 g/mol. The van der Waals surface area contributed by atoms with Crippen molar-refractivity contribution in [2.75, 3.05) is 24.1 Å². The van der Waals surface area contributed by atoms with E-state index in [4.69, 9.17) is 21.9 Å². The second kappa shape index (κ2) is 10.5. The Kier molecular flexibility index (Phi) is 3.64. The largest absolute Gasteiger partial charge is 0.394 e. The fraction of sp³-hybridized carbons (Fsp3) is 0.583. The zero-order chi connectivity index (χ0) is 39.8. The van der Waals surface area contributed by atoms with Gasteiger partial charge < -0.3 is 25.4 Å². The van der Waals surface area contributed by atoms with Crippen LogP contribution in [0.3, 0.4) is 0 Å². The van der Waals surface area contributed by atoms with Crippen molar-refractivity contribution in [2.45, 2.75) is 74.4 Å². The highest BCUT2D eigenvalue weighted by molar-refractivity contribution is 7.99. The van der Waals surface area contributed by atoms with Crippen molar-refractivity contribution in [1.82, 2.24) is 25.0 Å². The van der Waals surface area contributed by atoms with Crippen molar-refractivity contribution in [3.63, 3.8) is 0 Å². The van der Waals surface area contributed by atoms with Gasteiger partial charge >= 0.3 is 0 Å². The van der Waals surface area contributed by atoms with Gasteiger partial charge in [0.2, 0.25) is 0 Å². The first-order valence-corrected chi connectivity index (χ1v) is 11.4. The minimum atomic E-state index is -4.39. The predicted octanol–water partition coefficient (Wildman–Crippen LogP) is 2.18. The quantitative estimate of drug-likeness (QED) is 0.226. The first-order valence-electron chi connectivity index (χ1n) is 18.5. The van der Waals surface area contributed by atoms with Crippen molar-refractivity contribution in [3.8, 4) is 0 Å². The standard InChI is InChI=1S/C24H31FN6O4S/c1-3-8-36-24-27-22(26-16-10-14(16)13-5-4-12(2)15(25)9-13)19-23(28-24)31(30-29-19)17-11-18(35-7-6-32)21(34)20(17)33/h4-5,9,14,16-18,20-21,32-34H,3,6-8,10-11H2,1-2H3,(H,26,27,28)/t14-,16+,17+,18-,20-,21+/m0/s1/i4D,5D,6D2,7D2,8D2,9D,11D2,16D,17D,18D,20D,21D. The summed E-state index contributed by atoms with van der Waals surface area (Å²) in [5, 5.41) is 41.5. The summed E-state index contributed by atoms with van der Waals surface area (Å²) in [5.41, 5.74) is -4.05. The van der Waals surface area contributed by atoms with E-state index in [0.717, 1.165) is 0 Å². The lowest BCUT2D eigenvalue weighted by atomic mass is 10.1. The molecule has 2 aliphatic rings. The van der Waals surface area contributed by atoms with E-state index in [2.05, 4.69) is 30.3 Å². The first kappa shape index (κ1) is 12.4. The molecule has 4 N–H and O–H groups in total. The van der Waals surface area contributed by atoms with Gasteiger partial charge in [-0.15, -0.1) is 5.10 Å². The zero-order valence-electron chi connectivity index (χ0n) is 34.8. The van der Waals surface area contributed by atoms with E-state index in [1.807, 2.05) is 0 Å². The highest BCUT2D eigenvalue weighted by Crippen LogP contribution is 2.44. The molecule has 5 rings (SSSR count). The van der Waals surface area contributed by atoms with Crippen LogP contribution >= 0.6 is 11.8 Å². The molecule has 10 nitrogen and oxygen atoms in total. The van der Waals surface area contributed by atoms with E-state index < -0.39 is 107 Å². The molecule has 0 saturated heterocycles. The van der Waals surface area contributed by atoms with Crippen LogP contribution in [0.15, 0.2) is 23.3 Å². The molecule has 12 heteroatoms. The summed E-state index contributed by atoms with van der Waals surface area (Å²) in [6.45, 7) is -5.46. The lowest BCUT2D eigenvalue weighted by Crippen LogP contribution is -2.33. The molecule has 194 valence electrons. The number of thioether (sulfide) groups is 1. The average molecular weight is 535 g/mol. The number of nitrogens with zero attached hydrogens (tertiary/aromatic N) is 5. The van der Waals surface area contributed by atoms with Gasteiger partial charge in [0.1, 0.15) is 18.0 Å². The molecule has 0 radical (unpaired) electrons. The summed E-state index contributed by atoms with van der Waals surface area (Å²) < 4.78 is 151. The fourth-order valence-corrected chi connectivity index (χ4v) is 3.86. The van der Waals surface area contributed by atoms with Gasteiger partial charge in [-0.05, 0) is 36.9 Å². The monoisotopic (exact) mass is 534 g/mol. The molecule has 0 unspecified atom stereocenters. The van der Waals surface area contributed by atoms with Crippen LogP contribution in [0, 0.1) is 12.7 Å². The van der Waals surface area contributed by atoms with Crippen LogP contribution in [0.4, 0.5) is 10.2 Å². The van der Waals surface area contributed by atoms with Gasteiger partial charge in [-0.2, -0.15) is 0 Å². The number of fused-ring (bicyclic) bond motifs is 1. The van der Waals surface area contributed by atoms with Crippen LogP contribution in [0.25, 0.3) is 11.2 Å². The number of halogens is 1. The molecule has 2 fully saturated rings. The summed E-state index contributed by atoms with van der Waals surface area (Å²) in [5.74, 6) is -2.66. The second-order valence-electron chi connectivity index (χ2n) is 7.58. The van der Waals surface area contributed by atoms with Crippen LogP contribution in [0.1, 0.15) is 71.1 Å². The molecule has 0 spiro atoms. The molecular formula is C24H31FN6O4S. The second-order valence-corrected chi connectivity index (χ2v) is 8.44. The van der Waals surface area contributed by atoms with Gasteiger partial charge in [-0.3, -0.25) is 0 Å². The molecule has 6 atom stereocenters. The highest BCUT2D eigenvalue weighted by Gasteiger charge is 2.45. The molecule has 2 aliphatic carbocycles. The number of benzene rings is 1. The number of nitrogens with one attached hydrogen (secondary N) is 1. The van der Waals surface area contributed by atoms with Crippen LogP contribution in [-0.2, 0) is 4.74 Å². The maximum atomic E-state index is 14.8. The molecule has 36 heavy (non-hydrogen) atoms. The summed E-state index contributed by atoms with van der Waals surface area (Å²) in [7, 11) is 0. The molecule has 0 bridgehead atoms. The number of rotatable bonds is 10. The maximum absolute atomic E-state index is 14.8. The van der Waals surface area contributed by atoms with E-state index in [-0.39, 0.29) is 28.7 Å². The number of hydrogen-bond acceptors (Lipinski definition) is 10. The van der Waals surface area contributed by atoms with Crippen molar-refractivity contribution >= 4 is 28.7 Å². The summed E-state index contributed by atoms with van der Waals surface area (Å²) in [6.07, 6.45) is -17.5. The SMILES string of the molecule is [2H]c1c([2H])c([C@@H]2C[C@@]2([2H])Nc2nc(SC([2H])([2H])CC)nc3c2nnn3[C@]2([2H])C([2H])([2H])[C@]([2H])(OC([2H])([2H])C([2H])([2H])O)[C@@]([2H])(O)[C@@]2([2H])O)c([2H])c(F)c1C. The zero-order valence-corrected chi connectivity index (χ0v) is 19.6. The van der Waals surface area contributed by atoms with Crippen molar-refractivity contribution in [3.05, 3.63) is 35.1 Å². The van der Waals surface area contributed by atoms with Gasteiger partial charge in [-0.25, -0.2) is 19.0 Å². The van der Waals surface area contributed by atoms with Gasteiger partial charge in [0.05, 0.1) is 41.7 Å². The third kappa shape index (κ3) is 4.92. The topological polar surface area (TPSA) is 138 Å². The molecule has 0 aliphatic heterocycles. The van der Waals surface area contributed by atoms with Gasteiger partial charge in [0.15, 0.2) is 22.1 Å². The fourth-order valence-electron chi connectivity index (χ4n) is 3.32. The Bertz CT molecular complexity index is 1940. The van der Waals surface area contributed by atoms with Crippen molar-refractivity contribution in [2.24, 2.45) is 0 Å². The number of aromatic nitrogens is 5. The third-order valence-electron chi connectivity index (χ3n) is 5.16. The molecule has 3 aromatic rings. The first-order chi connectivity index (χ1) is 23.3. The van der Waals surface area contributed by atoms with Crippen LogP contribution in [0.5, 0.6) is 0 Å². The lowest BCUT2D eigenvalue weighted by Gasteiger charge is -2.17. The highest BCUT2D eigenvalue weighted by atomic mass is 32.2. The van der Waals surface area contributed by atoms with E-state index in [1.54, 1.807) is 0 Å². The summed E-state index contributed by atoms with van der Waals surface area (Å²) in [4.78, 5) is 8.24. The Morgan fingerprint density at radius 2 is 2.22 bits per heavy atom. The number of aliphatic hydroxyl groups is 3. The molecule has 1 aromatic carbocycles. The van der Waals surface area contributed by atoms with Crippen LogP contribution < -0.4 is 5.32 Å². The lowest BCUT2D eigenvalue weighted by molar-refractivity contribution is -0.0629. The number of hydrogen-bond donors (Lipinski definition) is 4. The normalized spacial score (nSPS) is 46.9. The van der Waals surface area contributed by atoms with Crippen LogP contribution in [0.2, 0.25) is 0 Å². The predicted molar refractivity (Wildman–Crippen MR) is 133 cm³/mol. The van der Waals surface area contributed by atoms with E-state index in [0.29, 0.717) is 11.8 Å². The van der Waals surface area contributed by atoms with Crippen molar-refractivity contribution < 1.29 is 46.4 Å². The van der Waals surface area contributed by atoms with E-state index >= 15 is 0 Å². The molecule has 2 saturated carbocycles. The van der Waals surface area contributed by atoms with E-state index in [9.17, 15) is 19.7 Å². The van der Waals surface area contributed by atoms with Crippen LogP contribution in [-0.4, -0.2) is 83.4 Å². The van der Waals surface area contributed by atoms with Crippen molar-refractivity contribution in [1.29, 1.82) is 0 Å². The molecule has 2 aromatic heterocycles. The Balaban J connectivity index is 1.71. The summed E-state index contributed by atoms with van der Waals surface area (Å²) in [6, 6.07) is -7.64. The minimum Gasteiger partial charge on any atom is -0.394 e. The number of anilines is 1.